The number of nitrogens with zero attached hydrogens (tertiary/aromatic N) is 1. The molecule has 72 valence electrons. The van der Waals surface area contributed by atoms with Gasteiger partial charge in [0.2, 0.25) is 6.20 Å². The molecule has 0 bridgehead atoms. The summed E-state index contributed by atoms with van der Waals surface area (Å²) in [6.07, 6.45) is 10.4. The molecule has 1 heterocycles. The van der Waals surface area contributed by atoms with Gasteiger partial charge in [0.05, 0.1) is 0 Å². The summed E-state index contributed by atoms with van der Waals surface area (Å²) in [5, 5.41) is 0. The van der Waals surface area contributed by atoms with Gasteiger partial charge in [-0.15, -0.1) is 0 Å². The molecule has 1 aromatic rings. The normalized spacial score (nSPS) is 29.0. The number of nitrogens with two attached hydrogens (primary N) is 1. The first-order chi connectivity index (χ1) is 6.34. The topological polar surface area (TPSA) is 43.0 Å². The highest BCUT2D eigenvalue weighted by molar-refractivity contribution is 4.72. The van der Waals surface area contributed by atoms with Crippen LogP contribution < -0.4 is 10.3 Å². The molecule has 1 fully saturated rings. The van der Waals surface area contributed by atoms with Crippen molar-refractivity contribution in [2.45, 2.75) is 38.3 Å². The van der Waals surface area contributed by atoms with Crippen molar-refractivity contribution in [3.8, 4) is 0 Å². The fourth-order valence-corrected chi connectivity index (χ4v) is 2.03. The summed E-state index contributed by atoms with van der Waals surface area (Å²) in [6.45, 7) is 1.09. The number of hydrogen-bond acceptors (Lipinski definition) is 2. The van der Waals surface area contributed by atoms with Crippen molar-refractivity contribution < 1.29 is 8.98 Å². The molecular weight excluding hydrogens is 164 g/mol. The number of hydrogen-bond donors (Lipinski definition) is 1. The van der Waals surface area contributed by atoms with E-state index in [-0.39, 0.29) is 0 Å². The molecule has 0 unspecified atom stereocenters. The Hall–Kier alpha value is -0.830. The molecule has 1 aliphatic carbocycles. The van der Waals surface area contributed by atoms with Gasteiger partial charge in [0.25, 0.3) is 0 Å². The van der Waals surface area contributed by atoms with Crippen LogP contribution in [0.25, 0.3) is 0 Å². The smallest absolute Gasteiger partial charge is 0.334 e. The van der Waals surface area contributed by atoms with E-state index < -0.39 is 0 Å². The van der Waals surface area contributed by atoms with Gasteiger partial charge in [-0.25, -0.2) is 0 Å². The largest absolute Gasteiger partial charge is 0.412 e. The van der Waals surface area contributed by atoms with Gasteiger partial charge < -0.3 is 10.2 Å². The van der Waals surface area contributed by atoms with E-state index in [2.05, 4.69) is 4.57 Å². The third kappa shape index (κ3) is 2.31. The van der Waals surface area contributed by atoms with Crippen LogP contribution in [-0.4, -0.2) is 6.04 Å². The van der Waals surface area contributed by atoms with Crippen LogP contribution in [0, 0.1) is 5.92 Å². The molecule has 1 saturated carbocycles. The number of aromatic nitrogens is 1. The Morgan fingerprint density at radius 3 is 2.69 bits per heavy atom. The summed E-state index contributed by atoms with van der Waals surface area (Å²) >= 11 is 0. The Morgan fingerprint density at radius 1 is 1.31 bits per heavy atom. The molecule has 2 rings (SSSR count). The van der Waals surface area contributed by atoms with Gasteiger partial charge in [0, 0.05) is 12.0 Å². The number of oxazole rings is 1. The molecule has 0 aliphatic heterocycles. The first-order valence-electron chi connectivity index (χ1n) is 5.01. The molecular formula is C10H17N2O+. The van der Waals surface area contributed by atoms with Gasteiger partial charge in [-0.3, -0.25) is 0 Å². The summed E-state index contributed by atoms with van der Waals surface area (Å²) in [6, 6.07) is 0.450. The zero-order valence-corrected chi connectivity index (χ0v) is 7.86. The highest BCUT2D eigenvalue weighted by Crippen LogP contribution is 2.22. The minimum absolute atomic E-state index is 0.450. The van der Waals surface area contributed by atoms with Crippen LogP contribution in [-0.2, 0) is 6.54 Å². The minimum atomic E-state index is 0.450. The summed E-state index contributed by atoms with van der Waals surface area (Å²) < 4.78 is 7.13. The van der Waals surface area contributed by atoms with Crippen LogP contribution in [0.1, 0.15) is 25.7 Å². The quantitative estimate of drug-likeness (QED) is 0.694. The maximum absolute atomic E-state index is 5.85. The Kier molecular flexibility index (Phi) is 2.64. The maximum Gasteiger partial charge on any atom is 0.334 e. The molecule has 0 radical (unpaired) electrons. The lowest BCUT2D eigenvalue weighted by Crippen LogP contribution is -2.38. The fraction of sp³-hybridized carbons (Fsp3) is 0.700. The summed E-state index contributed by atoms with van der Waals surface area (Å²) in [5.41, 5.74) is 5.85. The third-order valence-electron chi connectivity index (χ3n) is 2.89. The Morgan fingerprint density at radius 2 is 2.08 bits per heavy atom. The molecule has 1 aromatic heterocycles. The van der Waals surface area contributed by atoms with Crippen LogP contribution in [0.4, 0.5) is 0 Å². The molecule has 3 heteroatoms. The summed E-state index contributed by atoms with van der Waals surface area (Å²) in [5.74, 6) is 0.794. The standard InChI is InChI=1S/C10H17N2O/c11-10-3-1-9(2-4-10)7-12-5-6-13-8-12/h5-6,8-10H,1-4,7,11H2/q+1. The molecule has 1 aliphatic rings. The maximum atomic E-state index is 5.85. The van der Waals surface area contributed by atoms with Crippen molar-refractivity contribution in [2.75, 3.05) is 0 Å². The predicted molar refractivity (Wildman–Crippen MR) is 48.8 cm³/mol. The molecule has 0 spiro atoms. The second-order valence-electron chi connectivity index (χ2n) is 4.00. The molecule has 2 N–H and O–H groups in total. The third-order valence-corrected chi connectivity index (χ3v) is 2.89. The SMILES string of the molecule is NC1CCC(C[n+]2ccoc2)CC1. The van der Waals surface area contributed by atoms with Crippen molar-refractivity contribution in [3.05, 3.63) is 18.9 Å². The van der Waals surface area contributed by atoms with Crippen molar-refractivity contribution in [2.24, 2.45) is 11.7 Å². The highest BCUT2D eigenvalue weighted by Gasteiger charge is 2.21. The Balaban J connectivity index is 1.83. The Bertz CT molecular complexity index is 237. The Labute approximate surface area is 78.5 Å². The van der Waals surface area contributed by atoms with Crippen LogP contribution in [0.5, 0.6) is 0 Å². The van der Waals surface area contributed by atoms with E-state index in [0.29, 0.717) is 6.04 Å². The van der Waals surface area contributed by atoms with E-state index >= 15 is 0 Å². The van der Waals surface area contributed by atoms with Crippen LogP contribution >= 0.6 is 0 Å². The van der Waals surface area contributed by atoms with Gasteiger partial charge in [0.15, 0.2) is 12.8 Å². The van der Waals surface area contributed by atoms with E-state index in [9.17, 15) is 0 Å². The first kappa shape index (κ1) is 8.75. The van der Waals surface area contributed by atoms with Crippen molar-refractivity contribution >= 4 is 0 Å². The lowest BCUT2D eigenvalue weighted by Gasteiger charge is -2.23. The molecule has 13 heavy (non-hydrogen) atoms. The monoisotopic (exact) mass is 181 g/mol. The fourth-order valence-electron chi connectivity index (χ4n) is 2.03. The second kappa shape index (κ2) is 3.92. The highest BCUT2D eigenvalue weighted by atomic mass is 16.3. The first-order valence-corrected chi connectivity index (χ1v) is 5.01. The lowest BCUT2D eigenvalue weighted by atomic mass is 9.86. The number of rotatable bonds is 2. The van der Waals surface area contributed by atoms with Gasteiger partial charge >= 0.3 is 6.39 Å². The zero-order chi connectivity index (χ0) is 9.10. The molecule has 0 saturated heterocycles. The van der Waals surface area contributed by atoms with Crippen molar-refractivity contribution in [1.82, 2.24) is 0 Å². The second-order valence-corrected chi connectivity index (χ2v) is 4.00. The summed E-state index contributed by atoms with van der Waals surface area (Å²) in [4.78, 5) is 0. The van der Waals surface area contributed by atoms with Crippen molar-refractivity contribution in [3.63, 3.8) is 0 Å². The molecule has 3 nitrogen and oxygen atoms in total. The van der Waals surface area contributed by atoms with Gasteiger partial charge in [0.1, 0.15) is 0 Å². The average Bonchev–Trinajstić information content (AvgIpc) is 2.62. The molecule has 0 aromatic carbocycles. The van der Waals surface area contributed by atoms with Crippen LogP contribution in [0.15, 0.2) is 23.3 Å². The summed E-state index contributed by atoms with van der Waals surface area (Å²) in [7, 11) is 0. The van der Waals surface area contributed by atoms with Gasteiger partial charge in [-0.2, -0.15) is 4.57 Å². The van der Waals surface area contributed by atoms with E-state index in [4.69, 9.17) is 10.2 Å². The minimum Gasteiger partial charge on any atom is -0.412 e. The van der Waals surface area contributed by atoms with E-state index in [1.165, 1.54) is 25.7 Å². The molecule has 0 amide bonds. The molecule has 0 atom stereocenters. The van der Waals surface area contributed by atoms with Crippen molar-refractivity contribution in [1.29, 1.82) is 0 Å². The van der Waals surface area contributed by atoms with E-state index in [1.807, 2.05) is 6.20 Å². The van der Waals surface area contributed by atoms with E-state index in [0.717, 1.165) is 12.5 Å². The average molecular weight is 181 g/mol. The predicted octanol–water partition coefficient (Wildman–Crippen LogP) is 1.08. The van der Waals surface area contributed by atoms with Crippen LogP contribution in [0.3, 0.4) is 0 Å². The zero-order valence-electron chi connectivity index (χ0n) is 7.86. The lowest BCUT2D eigenvalue weighted by molar-refractivity contribution is -0.706. The van der Waals surface area contributed by atoms with Gasteiger partial charge in [-0.05, 0) is 25.7 Å². The van der Waals surface area contributed by atoms with Gasteiger partial charge in [-0.1, -0.05) is 0 Å². The van der Waals surface area contributed by atoms with E-state index in [1.54, 1.807) is 12.7 Å². The van der Waals surface area contributed by atoms with Crippen LogP contribution in [0.2, 0.25) is 0 Å².